The molecule has 2 rings (SSSR count). The summed E-state index contributed by atoms with van der Waals surface area (Å²) in [5.41, 5.74) is -0.492. The van der Waals surface area contributed by atoms with Crippen LogP contribution in [-0.2, 0) is 4.74 Å². The van der Waals surface area contributed by atoms with Gasteiger partial charge in [-0.2, -0.15) is 0 Å². The van der Waals surface area contributed by atoms with E-state index in [9.17, 15) is 4.79 Å². The van der Waals surface area contributed by atoms with Crippen molar-refractivity contribution < 1.29 is 14.3 Å². The second kappa shape index (κ2) is 7.01. The number of carbonyl (C=O) groups excluding carboxylic acids is 1. The lowest BCUT2D eigenvalue weighted by Gasteiger charge is -2.19. The number of benzene rings is 2. The molecule has 0 aliphatic carbocycles. The van der Waals surface area contributed by atoms with Crippen molar-refractivity contribution in [1.82, 2.24) is 5.32 Å². The van der Waals surface area contributed by atoms with E-state index in [1.165, 1.54) is 0 Å². The van der Waals surface area contributed by atoms with Gasteiger partial charge in [-0.3, -0.25) is 0 Å². The maximum atomic E-state index is 11.5. The Bertz CT molecular complexity index is 664. The zero-order chi connectivity index (χ0) is 16.2. The van der Waals surface area contributed by atoms with E-state index in [2.05, 4.69) is 21.2 Å². The molecule has 2 aromatic rings. The Morgan fingerprint density at radius 3 is 2.68 bits per heavy atom. The van der Waals surface area contributed by atoms with Crippen LogP contribution < -0.4 is 10.1 Å². The van der Waals surface area contributed by atoms with Gasteiger partial charge in [-0.1, -0.05) is 40.2 Å². The van der Waals surface area contributed by atoms with Gasteiger partial charge in [0.15, 0.2) is 0 Å². The van der Waals surface area contributed by atoms with E-state index in [1.807, 2.05) is 57.2 Å². The lowest BCUT2D eigenvalue weighted by molar-refractivity contribution is 0.0520. The number of ether oxygens (including phenoxy) is 2. The molecule has 1 amide bonds. The molecule has 118 valence electrons. The van der Waals surface area contributed by atoms with Crippen LogP contribution in [0, 0.1) is 0 Å². The van der Waals surface area contributed by atoms with Gasteiger partial charge in [-0.05, 0) is 43.7 Å². The summed E-state index contributed by atoms with van der Waals surface area (Å²) in [4.78, 5) is 11.5. The molecule has 5 heteroatoms. The molecule has 0 heterocycles. The van der Waals surface area contributed by atoms with Gasteiger partial charge in [0.25, 0.3) is 0 Å². The number of hydrogen-bond donors (Lipinski definition) is 1. The third kappa shape index (κ3) is 4.91. The monoisotopic (exact) mass is 365 g/mol. The van der Waals surface area contributed by atoms with Gasteiger partial charge in [0.05, 0.1) is 6.54 Å². The van der Waals surface area contributed by atoms with Gasteiger partial charge in [-0.15, -0.1) is 0 Å². The summed E-state index contributed by atoms with van der Waals surface area (Å²) in [6.45, 7) is 6.25. The Hall–Kier alpha value is -1.75. The summed E-state index contributed by atoms with van der Waals surface area (Å²) in [6, 6.07) is 12.0. The van der Waals surface area contributed by atoms with Crippen molar-refractivity contribution in [3.05, 3.63) is 40.9 Å². The van der Waals surface area contributed by atoms with Crippen LogP contribution in [0.2, 0.25) is 0 Å². The molecule has 0 aliphatic heterocycles. The molecule has 0 radical (unpaired) electrons. The van der Waals surface area contributed by atoms with Crippen molar-refractivity contribution in [2.75, 3.05) is 13.2 Å². The first kappa shape index (κ1) is 16.6. The summed E-state index contributed by atoms with van der Waals surface area (Å²) in [7, 11) is 0. The van der Waals surface area contributed by atoms with Crippen molar-refractivity contribution >= 4 is 32.8 Å². The Balaban J connectivity index is 1.86. The molecule has 2 aromatic carbocycles. The molecule has 0 fully saturated rings. The second-order valence-electron chi connectivity index (χ2n) is 5.90. The van der Waals surface area contributed by atoms with Gasteiger partial charge in [0, 0.05) is 4.47 Å². The minimum Gasteiger partial charge on any atom is -0.492 e. The number of alkyl carbamates (subject to hydrolysis) is 1. The molecular weight excluding hydrogens is 346 g/mol. The molecule has 0 bridgehead atoms. The van der Waals surface area contributed by atoms with Crippen molar-refractivity contribution in [1.29, 1.82) is 0 Å². The SMILES string of the molecule is CC(C)(C)OC(=O)NCCOc1cc(Br)c2ccccc2c1. The lowest BCUT2D eigenvalue weighted by atomic mass is 10.1. The summed E-state index contributed by atoms with van der Waals surface area (Å²) in [5.74, 6) is 0.761. The Kier molecular flexibility index (Phi) is 5.29. The minimum absolute atomic E-state index is 0.379. The van der Waals surface area contributed by atoms with Crippen molar-refractivity contribution in [3.63, 3.8) is 0 Å². The van der Waals surface area contributed by atoms with E-state index in [0.717, 1.165) is 21.0 Å². The van der Waals surface area contributed by atoms with Crippen LogP contribution in [0.25, 0.3) is 10.8 Å². The predicted octanol–water partition coefficient (Wildman–Crippen LogP) is 4.51. The molecule has 0 aromatic heterocycles. The van der Waals surface area contributed by atoms with Gasteiger partial charge in [-0.25, -0.2) is 4.79 Å². The number of nitrogens with one attached hydrogen (secondary N) is 1. The third-order valence-corrected chi connectivity index (χ3v) is 3.48. The lowest BCUT2D eigenvalue weighted by Crippen LogP contribution is -2.34. The number of rotatable bonds is 4. The summed E-state index contributed by atoms with van der Waals surface area (Å²) < 4.78 is 11.8. The number of hydrogen-bond acceptors (Lipinski definition) is 3. The van der Waals surface area contributed by atoms with Crippen LogP contribution in [0.1, 0.15) is 20.8 Å². The van der Waals surface area contributed by atoms with Crippen LogP contribution >= 0.6 is 15.9 Å². The number of halogens is 1. The van der Waals surface area contributed by atoms with Crippen molar-refractivity contribution in [2.45, 2.75) is 26.4 Å². The van der Waals surface area contributed by atoms with Crippen molar-refractivity contribution in [3.8, 4) is 5.75 Å². The highest BCUT2D eigenvalue weighted by Gasteiger charge is 2.15. The van der Waals surface area contributed by atoms with Crippen molar-refractivity contribution in [2.24, 2.45) is 0 Å². The fraction of sp³-hybridized carbons (Fsp3) is 0.353. The molecule has 4 nitrogen and oxygen atoms in total. The van der Waals surface area contributed by atoms with E-state index >= 15 is 0 Å². The Labute approximate surface area is 138 Å². The first-order chi connectivity index (χ1) is 10.3. The summed E-state index contributed by atoms with van der Waals surface area (Å²) in [6.07, 6.45) is -0.434. The average Bonchev–Trinajstić information content (AvgIpc) is 2.42. The normalized spacial score (nSPS) is 11.3. The standard InChI is InChI=1S/C17H20BrNO3/c1-17(2,3)22-16(20)19-8-9-21-13-10-12-6-4-5-7-14(12)15(18)11-13/h4-7,10-11H,8-9H2,1-3H3,(H,19,20). The molecule has 0 saturated carbocycles. The summed E-state index contributed by atoms with van der Waals surface area (Å²) in [5, 5.41) is 4.91. The van der Waals surface area contributed by atoms with Gasteiger partial charge in [0.1, 0.15) is 18.0 Å². The molecule has 0 atom stereocenters. The molecule has 0 spiro atoms. The fourth-order valence-electron chi connectivity index (χ4n) is 1.96. The maximum absolute atomic E-state index is 11.5. The number of amides is 1. The first-order valence-electron chi connectivity index (χ1n) is 7.13. The van der Waals surface area contributed by atoms with E-state index < -0.39 is 11.7 Å². The molecule has 22 heavy (non-hydrogen) atoms. The van der Waals surface area contributed by atoms with E-state index in [4.69, 9.17) is 9.47 Å². The van der Waals surface area contributed by atoms with Crippen LogP contribution in [-0.4, -0.2) is 24.8 Å². The minimum atomic E-state index is -0.492. The predicted molar refractivity (Wildman–Crippen MR) is 91.4 cm³/mol. The molecular formula is C17H20BrNO3. The first-order valence-corrected chi connectivity index (χ1v) is 7.92. The maximum Gasteiger partial charge on any atom is 0.407 e. The smallest absolute Gasteiger partial charge is 0.407 e. The fourth-order valence-corrected chi connectivity index (χ4v) is 2.54. The molecule has 0 saturated heterocycles. The largest absolute Gasteiger partial charge is 0.492 e. The van der Waals surface area contributed by atoms with E-state index in [-0.39, 0.29) is 0 Å². The highest BCUT2D eigenvalue weighted by molar-refractivity contribution is 9.10. The van der Waals surface area contributed by atoms with Gasteiger partial charge < -0.3 is 14.8 Å². The van der Waals surface area contributed by atoms with Gasteiger partial charge in [0.2, 0.25) is 0 Å². The van der Waals surface area contributed by atoms with Gasteiger partial charge >= 0.3 is 6.09 Å². The summed E-state index contributed by atoms with van der Waals surface area (Å²) >= 11 is 3.54. The second-order valence-corrected chi connectivity index (χ2v) is 6.76. The highest BCUT2D eigenvalue weighted by atomic mass is 79.9. The number of fused-ring (bicyclic) bond motifs is 1. The zero-order valence-corrected chi connectivity index (χ0v) is 14.6. The van der Waals surface area contributed by atoms with Crippen LogP contribution in [0.4, 0.5) is 4.79 Å². The Morgan fingerprint density at radius 2 is 1.95 bits per heavy atom. The molecule has 0 aliphatic rings. The van der Waals surface area contributed by atoms with Crippen LogP contribution in [0.15, 0.2) is 40.9 Å². The van der Waals surface area contributed by atoms with E-state index in [0.29, 0.717) is 13.2 Å². The third-order valence-electron chi connectivity index (χ3n) is 2.82. The average molecular weight is 366 g/mol. The molecule has 0 unspecified atom stereocenters. The van der Waals surface area contributed by atoms with Crippen LogP contribution in [0.3, 0.4) is 0 Å². The topological polar surface area (TPSA) is 47.6 Å². The quantitative estimate of drug-likeness (QED) is 0.811. The van der Waals surface area contributed by atoms with E-state index in [1.54, 1.807) is 0 Å². The molecule has 1 N–H and O–H groups in total. The highest BCUT2D eigenvalue weighted by Crippen LogP contribution is 2.29. The Morgan fingerprint density at radius 1 is 1.23 bits per heavy atom. The van der Waals surface area contributed by atoms with Crippen LogP contribution in [0.5, 0.6) is 5.75 Å². The number of carbonyl (C=O) groups is 1. The zero-order valence-electron chi connectivity index (χ0n) is 13.0.